The third-order valence-corrected chi connectivity index (χ3v) is 10.7. The molecule has 3 aromatic heterocycles. The Morgan fingerprint density at radius 2 is 1.12 bits per heavy atom. The molecule has 6 aromatic carbocycles. The number of nitriles is 1. The molecule has 0 saturated carbocycles. The molecule has 0 aliphatic carbocycles. The molecule has 7 heteroatoms. The first kappa shape index (κ1) is 34.7. The second-order valence-corrected chi connectivity index (χ2v) is 16.5. The third-order valence-electron chi connectivity index (χ3n) is 10.7. The van der Waals surface area contributed by atoms with Crippen LogP contribution in [0.3, 0.4) is 0 Å². The Bertz CT molecular complexity index is 3010. The Kier molecular flexibility index (Phi) is 7.90. The van der Waals surface area contributed by atoms with E-state index >= 15 is 0 Å². The summed E-state index contributed by atoms with van der Waals surface area (Å²) in [6.45, 7) is 21.5. The number of hydrogen-bond donors (Lipinski definition) is 0. The van der Waals surface area contributed by atoms with Crippen molar-refractivity contribution in [3.8, 4) is 40.5 Å². The van der Waals surface area contributed by atoms with Crippen molar-refractivity contribution in [3.05, 3.63) is 156 Å². The van der Waals surface area contributed by atoms with E-state index in [1.165, 1.54) is 11.1 Å². The normalized spacial score (nSPS) is 12.1. The molecule has 0 N–H and O–H groups in total. The van der Waals surface area contributed by atoms with Crippen LogP contribution in [0, 0.1) is 17.9 Å². The highest BCUT2D eigenvalue weighted by atomic mass is 15.2. The van der Waals surface area contributed by atoms with Crippen LogP contribution in [0.15, 0.2) is 127 Å². The number of hydrogen-bond acceptors (Lipinski definition) is 4. The monoisotopic (exact) mass is 725 g/mol. The van der Waals surface area contributed by atoms with Crippen LogP contribution in [-0.4, -0.2) is 24.1 Å². The zero-order valence-electron chi connectivity index (χ0n) is 32.3. The van der Waals surface area contributed by atoms with Gasteiger partial charge in [0.2, 0.25) is 5.95 Å². The summed E-state index contributed by atoms with van der Waals surface area (Å²) in [7, 11) is 0. The molecule has 0 radical (unpaired) electrons. The van der Waals surface area contributed by atoms with Gasteiger partial charge in [-0.15, -0.1) is 0 Å². The smallest absolute Gasteiger partial charge is 0.238 e. The molecule has 0 aliphatic heterocycles. The van der Waals surface area contributed by atoms with Crippen LogP contribution in [0.25, 0.3) is 82.9 Å². The second kappa shape index (κ2) is 12.8. The number of nitrogens with zero attached hydrogens (tertiary/aromatic N) is 7. The molecule has 0 fully saturated rings. The minimum atomic E-state index is -0.0416. The van der Waals surface area contributed by atoms with Crippen molar-refractivity contribution in [2.24, 2.45) is 0 Å². The summed E-state index contributed by atoms with van der Waals surface area (Å²) in [6, 6.07) is 45.4. The summed E-state index contributed by atoms with van der Waals surface area (Å²) < 4.78 is 4.36. The highest BCUT2D eigenvalue weighted by Gasteiger charge is 2.24. The zero-order chi connectivity index (χ0) is 38.9. The van der Waals surface area contributed by atoms with Crippen molar-refractivity contribution >= 4 is 49.3 Å². The number of para-hydroxylation sites is 2. The Hall–Kier alpha value is -7.09. The number of fused-ring (bicyclic) bond motifs is 6. The van der Waals surface area contributed by atoms with E-state index in [9.17, 15) is 5.26 Å². The van der Waals surface area contributed by atoms with Gasteiger partial charge in [0.05, 0.1) is 46.0 Å². The third kappa shape index (κ3) is 5.68. The lowest BCUT2D eigenvalue weighted by atomic mass is 9.85. The average molecular weight is 726 g/mol. The van der Waals surface area contributed by atoms with E-state index in [1.807, 2.05) is 54.6 Å². The molecule has 0 unspecified atom stereocenters. The predicted octanol–water partition coefficient (Wildman–Crippen LogP) is 12.4. The highest BCUT2D eigenvalue weighted by molar-refractivity contribution is 6.11. The summed E-state index contributed by atoms with van der Waals surface area (Å²) in [5.41, 5.74) is 9.67. The van der Waals surface area contributed by atoms with E-state index in [4.69, 9.17) is 21.5 Å². The highest BCUT2D eigenvalue weighted by Crippen LogP contribution is 2.41. The second-order valence-electron chi connectivity index (χ2n) is 16.5. The molecule has 0 amide bonds. The molecule has 0 saturated heterocycles. The Morgan fingerprint density at radius 1 is 0.554 bits per heavy atom. The van der Waals surface area contributed by atoms with Gasteiger partial charge in [0.1, 0.15) is 0 Å². The predicted molar refractivity (Wildman–Crippen MR) is 228 cm³/mol. The maximum absolute atomic E-state index is 9.84. The van der Waals surface area contributed by atoms with Crippen molar-refractivity contribution in [1.29, 1.82) is 5.26 Å². The van der Waals surface area contributed by atoms with Crippen LogP contribution in [0.4, 0.5) is 5.69 Å². The summed E-state index contributed by atoms with van der Waals surface area (Å²) in [6.07, 6.45) is 0. The summed E-state index contributed by atoms with van der Waals surface area (Å²) in [4.78, 5) is 19.4. The Balaban J connectivity index is 1.38. The van der Waals surface area contributed by atoms with Gasteiger partial charge in [0, 0.05) is 32.7 Å². The summed E-state index contributed by atoms with van der Waals surface area (Å²) in [5, 5.41) is 14.3. The van der Waals surface area contributed by atoms with Crippen LogP contribution in [0.5, 0.6) is 0 Å². The van der Waals surface area contributed by atoms with Crippen LogP contribution in [-0.2, 0) is 10.8 Å². The molecule has 0 bridgehead atoms. The van der Waals surface area contributed by atoms with Crippen LogP contribution in [0.1, 0.15) is 58.2 Å². The number of aromatic nitrogens is 5. The van der Waals surface area contributed by atoms with Gasteiger partial charge in [-0.05, 0) is 82.6 Å². The average Bonchev–Trinajstić information content (AvgIpc) is 3.72. The molecule has 9 aromatic rings. The molecule has 0 atom stereocenters. The molecule has 0 aliphatic rings. The molecule has 0 spiro atoms. The molecule has 3 heterocycles. The number of benzene rings is 6. The fourth-order valence-electron chi connectivity index (χ4n) is 7.76. The maximum Gasteiger partial charge on any atom is 0.238 e. The maximum atomic E-state index is 9.84. The molecule has 7 nitrogen and oxygen atoms in total. The number of rotatable bonds is 4. The van der Waals surface area contributed by atoms with E-state index in [-0.39, 0.29) is 10.8 Å². The van der Waals surface area contributed by atoms with Gasteiger partial charge >= 0.3 is 0 Å². The van der Waals surface area contributed by atoms with E-state index < -0.39 is 0 Å². The zero-order valence-corrected chi connectivity index (χ0v) is 32.3. The molecular formula is C49H39N7. The van der Waals surface area contributed by atoms with E-state index in [0.29, 0.717) is 40.0 Å². The quantitative estimate of drug-likeness (QED) is 0.169. The van der Waals surface area contributed by atoms with Crippen LogP contribution >= 0.6 is 0 Å². The van der Waals surface area contributed by atoms with Crippen molar-refractivity contribution in [1.82, 2.24) is 24.1 Å². The van der Waals surface area contributed by atoms with Crippen molar-refractivity contribution < 1.29 is 0 Å². The minimum Gasteiger partial charge on any atom is -0.309 e. The largest absolute Gasteiger partial charge is 0.309 e. The van der Waals surface area contributed by atoms with Gasteiger partial charge < -0.3 is 4.57 Å². The van der Waals surface area contributed by atoms with E-state index in [2.05, 4.69) is 122 Å². The lowest BCUT2D eigenvalue weighted by Gasteiger charge is -2.19. The SMILES string of the molecule is [C-]#[N+]c1ccc(-n2c3ccc(C(C)(C)C)cc3c3cc(C(C)(C)C)ccc32)c(-c2nc(-c3cccc(C#N)c3)nc(-n3c4ccccc4c4ccccc43)n2)c1. The molecule has 270 valence electrons. The van der Waals surface area contributed by atoms with Gasteiger partial charge in [0.15, 0.2) is 17.3 Å². The lowest BCUT2D eigenvalue weighted by Crippen LogP contribution is -2.10. The lowest BCUT2D eigenvalue weighted by molar-refractivity contribution is 0.590. The standard InChI is InChI=1S/C49H39N7/c1-48(2,3)32-19-22-42-37(26-32)38-27-33(49(4,5)6)20-23-43(38)55(42)44-24-21-34(51-7)28-39(44)46-52-45(31-14-12-13-30(25-31)29-50)53-47(54-46)56-40-17-10-8-15-35(40)36-16-9-11-18-41(36)56/h8-28H,1-6H3. The van der Waals surface area contributed by atoms with Crippen molar-refractivity contribution in [3.63, 3.8) is 0 Å². The van der Waals surface area contributed by atoms with Crippen molar-refractivity contribution in [2.75, 3.05) is 0 Å². The molecular weight excluding hydrogens is 687 g/mol. The summed E-state index contributed by atoms with van der Waals surface area (Å²) >= 11 is 0. The topological polar surface area (TPSA) is 76.7 Å². The molecule has 9 rings (SSSR count). The fraction of sp³-hybridized carbons (Fsp3) is 0.163. The van der Waals surface area contributed by atoms with Gasteiger partial charge in [-0.1, -0.05) is 108 Å². The van der Waals surface area contributed by atoms with Crippen LogP contribution < -0.4 is 0 Å². The minimum absolute atomic E-state index is 0.0416. The van der Waals surface area contributed by atoms with E-state index in [0.717, 1.165) is 49.3 Å². The first-order chi connectivity index (χ1) is 26.9. The van der Waals surface area contributed by atoms with Crippen LogP contribution in [0.2, 0.25) is 0 Å². The van der Waals surface area contributed by atoms with Gasteiger partial charge in [0.25, 0.3) is 0 Å². The Labute approximate surface area is 326 Å². The first-order valence-corrected chi connectivity index (χ1v) is 18.8. The van der Waals surface area contributed by atoms with Gasteiger partial charge in [-0.2, -0.15) is 15.2 Å². The molecule has 56 heavy (non-hydrogen) atoms. The van der Waals surface area contributed by atoms with E-state index in [1.54, 1.807) is 12.1 Å². The van der Waals surface area contributed by atoms with Crippen molar-refractivity contribution in [2.45, 2.75) is 52.4 Å². The van der Waals surface area contributed by atoms with Gasteiger partial charge in [-0.3, -0.25) is 4.57 Å². The fourth-order valence-corrected chi connectivity index (χ4v) is 7.76. The van der Waals surface area contributed by atoms with Gasteiger partial charge in [-0.25, -0.2) is 9.83 Å². The summed E-state index contributed by atoms with van der Waals surface area (Å²) in [5.74, 6) is 1.29. The Morgan fingerprint density at radius 3 is 1.70 bits per heavy atom. The first-order valence-electron chi connectivity index (χ1n) is 18.8.